The van der Waals surface area contributed by atoms with Crippen LogP contribution in [0.15, 0.2) is 55.1 Å². The van der Waals surface area contributed by atoms with Crippen molar-refractivity contribution in [3.05, 3.63) is 72.1 Å². The third-order valence-electron chi connectivity index (χ3n) is 3.95. The van der Waals surface area contributed by atoms with Gasteiger partial charge in [0.15, 0.2) is 0 Å². The highest BCUT2D eigenvalue weighted by Gasteiger charge is 2.02. The fraction of sp³-hybridized carbons (Fsp3) is 0.304. The van der Waals surface area contributed by atoms with E-state index < -0.39 is 0 Å². The molecule has 0 radical (unpaired) electrons. The van der Waals surface area contributed by atoms with Crippen molar-refractivity contribution < 1.29 is 13.9 Å². The van der Waals surface area contributed by atoms with Crippen molar-refractivity contribution in [3.63, 3.8) is 0 Å². The Labute approximate surface area is 166 Å². The van der Waals surface area contributed by atoms with E-state index >= 15 is 0 Å². The Morgan fingerprint density at radius 3 is 2.36 bits per heavy atom. The van der Waals surface area contributed by atoms with Crippen molar-refractivity contribution in [3.8, 4) is 11.5 Å². The topological polar surface area (TPSA) is 56.5 Å². The molecule has 0 spiro atoms. The lowest BCUT2D eigenvalue weighted by Crippen LogP contribution is -2.23. The molecule has 0 atom stereocenters. The first kappa shape index (κ1) is 21.7. The number of rotatable bonds is 13. The van der Waals surface area contributed by atoms with E-state index in [2.05, 4.69) is 11.9 Å². The standard InChI is InChI=1S/C23H29FN2O2/c1-2-14-27-22-16-20(6-5-19-7-9-21(24)10-8-19)17-23(18-22)28-15-4-3-12-26-13-11-25/h2,5-10,16-18,26H,1,3-4,11-15,25H2/b6-5+. The molecule has 28 heavy (non-hydrogen) atoms. The Hall–Kier alpha value is -2.63. The smallest absolute Gasteiger partial charge is 0.124 e. The largest absolute Gasteiger partial charge is 0.493 e. The fourth-order valence-corrected chi connectivity index (χ4v) is 2.55. The van der Waals surface area contributed by atoms with E-state index in [4.69, 9.17) is 15.2 Å². The molecule has 150 valence electrons. The lowest BCUT2D eigenvalue weighted by Gasteiger charge is -2.11. The summed E-state index contributed by atoms with van der Waals surface area (Å²) in [5, 5.41) is 3.27. The van der Waals surface area contributed by atoms with E-state index in [1.165, 1.54) is 12.1 Å². The maximum Gasteiger partial charge on any atom is 0.124 e. The monoisotopic (exact) mass is 384 g/mol. The van der Waals surface area contributed by atoms with E-state index in [1.807, 2.05) is 30.4 Å². The van der Waals surface area contributed by atoms with Gasteiger partial charge in [-0.05, 0) is 54.8 Å². The van der Waals surface area contributed by atoms with Crippen LogP contribution in [0.5, 0.6) is 11.5 Å². The Morgan fingerprint density at radius 1 is 0.929 bits per heavy atom. The Kier molecular flexibility index (Phi) is 9.83. The summed E-state index contributed by atoms with van der Waals surface area (Å²) >= 11 is 0. The van der Waals surface area contributed by atoms with Gasteiger partial charge in [0, 0.05) is 19.2 Å². The molecule has 5 heteroatoms. The maximum absolute atomic E-state index is 13.0. The van der Waals surface area contributed by atoms with Crippen LogP contribution in [0.4, 0.5) is 4.39 Å². The summed E-state index contributed by atoms with van der Waals surface area (Å²) in [4.78, 5) is 0. The Balaban J connectivity index is 1.98. The quantitative estimate of drug-likeness (QED) is 0.308. The van der Waals surface area contributed by atoms with Crippen LogP contribution in [0.3, 0.4) is 0 Å². The average Bonchev–Trinajstić information content (AvgIpc) is 2.71. The molecule has 0 saturated heterocycles. The number of hydrogen-bond acceptors (Lipinski definition) is 4. The molecule has 0 aromatic heterocycles. The minimum Gasteiger partial charge on any atom is -0.493 e. The number of nitrogens with one attached hydrogen (secondary N) is 1. The first-order chi connectivity index (χ1) is 13.7. The van der Waals surface area contributed by atoms with Crippen LogP contribution >= 0.6 is 0 Å². The molecule has 0 aliphatic heterocycles. The summed E-state index contributed by atoms with van der Waals surface area (Å²) in [6.45, 7) is 7.18. The molecule has 4 nitrogen and oxygen atoms in total. The number of halogens is 1. The first-order valence-corrected chi connectivity index (χ1v) is 9.57. The number of benzene rings is 2. The van der Waals surface area contributed by atoms with E-state index in [0.717, 1.165) is 48.6 Å². The molecule has 3 N–H and O–H groups in total. The normalized spacial score (nSPS) is 10.9. The highest BCUT2D eigenvalue weighted by molar-refractivity contribution is 5.71. The van der Waals surface area contributed by atoms with Crippen LogP contribution in [0.25, 0.3) is 12.2 Å². The van der Waals surface area contributed by atoms with Crippen LogP contribution in [-0.4, -0.2) is 32.8 Å². The number of ether oxygens (including phenoxy) is 2. The van der Waals surface area contributed by atoms with Gasteiger partial charge in [-0.15, -0.1) is 0 Å². The molecule has 0 heterocycles. The fourth-order valence-electron chi connectivity index (χ4n) is 2.55. The van der Waals surface area contributed by atoms with Crippen molar-refractivity contribution >= 4 is 12.2 Å². The van der Waals surface area contributed by atoms with Crippen molar-refractivity contribution in [1.82, 2.24) is 5.32 Å². The number of hydrogen-bond donors (Lipinski definition) is 2. The van der Waals surface area contributed by atoms with Crippen molar-refractivity contribution in [1.29, 1.82) is 0 Å². The highest BCUT2D eigenvalue weighted by Crippen LogP contribution is 2.25. The van der Waals surface area contributed by atoms with E-state index in [-0.39, 0.29) is 5.82 Å². The zero-order valence-electron chi connectivity index (χ0n) is 16.2. The zero-order valence-corrected chi connectivity index (χ0v) is 16.2. The Bertz CT molecular complexity index is 745. The van der Waals surface area contributed by atoms with Crippen molar-refractivity contribution in [2.45, 2.75) is 12.8 Å². The summed E-state index contributed by atoms with van der Waals surface area (Å²) in [7, 11) is 0. The van der Waals surface area contributed by atoms with Crippen LogP contribution in [0.2, 0.25) is 0 Å². The van der Waals surface area contributed by atoms with Gasteiger partial charge in [0.2, 0.25) is 0 Å². The van der Waals surface area contributed by atoms with E-state index in [0.29, 0.717) is 19.8 Å². The molecule has 0 aliphatic rings. The van der Waals surface area contributed by atoms with Crippen LogP contribution < -0.4 is 20.5 Å². The predicted octanol–water partition coefficient (Wildman–Crippen LogP) is 4.27. The molecule has 0 aliphatic carbocycles. The summed E-state index contributed by atoms with van der Waals surface area (Å²) in [5.74, 6) is 1.24. The lowest BCUT2D eigenvalue weighted by atomic mass is 10.1. The van der Waals surface area contributed by atoms with Gasteiger partial charge in [0.05, 0.1) is 6.61 Å². The van der Waals surface area contributed by atoms with E-state index in [1.54, 1.807) is 18.2 Å². The molecule has 2 aromatic rings. The number of nitrogens with two attached hydrogens (primary N) is 1. The third kappa shape index (κ3) is 8.37. The summed E-state index contributed by atoms with van der Waals surface area (Å²) in [6, 6.07) is 12.1. The highest BCUT2D eigenvalue weighted by atomic mass is 19.1. The second-order valence-corrected chi connectivity index (χ2v) is 6.32. The summed E-state index contributed by atoms with van der Waals surface area (Å²) < 4.78 is 24.6. The minimum atomic E-state index is -0.245. The second kappa shape index (κ2) is 12.7. The predicted molar refractivity (Wildman–Crippen MR) is 114 cm³/mol. The summed E-state index contributed by atoms with van der Waals surface area (Å²) in [6.07, 6.45) is 7.58. The molecular formula is C23H29FN2O2. The summed E-state index contributed by atoms with van der Waals surface area (Å²) in [5.41, 5.74) is 7.32. The average molecular weight is 384 g/mol. The van der Waals surface area contributed by atoms with Gasteiger partial charge >= 0.3 is 0 Å². The molecular weight excluding hydrogens is 355 g/mol. The second-order valence-electron chi connectivity index (χ2n) is 6.32. The van der Waals surface area contributed by atoms with Gasteiger partial charge in [-0.3, -0.25) is 0 Å². The van der Waals surface area contributed by atoms with Gasteiger partial charge in [0.1, 0.15) is 23.9 Å². The number of unbranched alkanes of at least 4 members (excludes halogenated alkanes) is 1. The van der Waals surface area contributed by atoms with Crippen LogP contribution in [-0.2, 0) is 0 Å². The van der Waals surface area contributed by atoms with E-state index in [9.17, 15) is 4.39 Å². The molecule has 0 saturated carbocycles. The minimum absolute atomic E-state index is 0.245. The van der Waals surface area contributed by atoms with Gasteiger partial charge < -0.3 is 20.5 Å². The van der Waals surface area contributed by atoms with Crippen LogP contribution in [0.1, 0.15) is 24.0 Å². The van der Waals surface area contributed by atoms with Crippen molar-refractivity contribution in [2.24, 2.45) is 5.73 Å². The molecule has 0 bridgehead atoms. The van der Waals surface area contributed by atoms with Gasteiger partial charge in [-0.2, -0.15) is 0 Å². The van der Waals surface area contributed by atoms with Crippen molar-refractivity contribution in [2.75, 3.05) is 32.8 Å². The van der Waals surface area contributed by atoms with Gasteiger partial charge in [-0.25, -0.2) is 4.39 Å². The maximum atomic E-state index is 13.0. The van der Waals surface area contributed by atoms with Gasteiger partial charge in [-0.1, -0.05) is 36.9 Å². The van der Waals surface area contributed by atoms with Crippen LogP contribution in [0, 0.1) is 5.82 Å². The SMILES string of the molecule is C=CCOc1cc(/C=C/c2ccc(F)cc2)cc(OCCCCNCCN)c1. The van der Waals surface area contributed by atoms with Gasteiger partial charge in [0.25, 0.3) is 0 Å². The molecule has 2 aromatic carbocycles. The lowest BCUT2D eigenvalue weighted by molar-refractivity contribution is 0.302. The molecule has 2 rings (SSSR count). The molecule has 0 fully saturated rings. The molecule has 0 unspecified atom stereocenters. The molecule has 0 amide bonds. The first-order valence-electron chi connectivity index (χ1n) is 9.57. The third-order valence-corrected chi connectivity index (χ3v) is 3.95. The zero-order chi connectivity index (χ0) is 20.0. The Morgan fingerprint density at radius 2 is 1.64 bits per heavy atom.